The van der Waals surface area contributed by atoms with Gasteiger partial charge in [0.1, 0.15) is 11.4 Å². The van der Waals surface area contributed by atoms with Crippen molar-refractivity contribution < 1.29 is 22.7 Å². The zero-order chi connectivity index (χ0) is 18.4. The van der Waals surface area contributed by atoms with Crippen molar-refractivity contribution in [2.75, 3.05) is 18.4 Å². The highest BCUT2D eigenvalue weighted by molar-refractivity contribution is 7.92. The molecule has 2 aromatic rings. The molecule has 1 amide bonds. The summed E-state index contributed by atoms with van der Waals surface area (Å²) >= 11 is 5.90. The average Bonchev–Trinajstić information content (AvgIpc) is 2.59. The molecular weight excluding hydrogens is 368 g/mol. The van der Waals surface area contributed by atoms with E-state index in [0.29, 0.717) is 0 Å². The highest BCUT2D eigenvalue weighted by Gasteiger charge is 2.17. The van der Waals surface area contributed by atoms with Gasteiger partial charge in [-0.15, -0.1) is 0 Å². The summed E-state index contributed by atoms with van der Waals surface area (Å²) in [6.45, 7) is -0.254. The van der Waals surface area contributed by atoms with Crippen LogP contribution in [0.5, 0.6) is 0 Å². The molecule has 2 rings (SSSR count). The standard InChI is InChI=1S/C16H15ClN2O5S/c1-24-15(20)10-18-16(21)11-6-8-12(9-7-11)19-25(22,23)14-5-3-2-4-13(14)17/h2-9,19H,10H2,1H3,(H,18,21). The Balaban J connectivity index is 2.09. The second-order valence-corrected chi connectivity index (χ2v) is 6.93. The van der Waals surface area contributed by atoms with E-state index in [-0.39, 0.29) is 27.7 Å². The molecule has 0 unspecified atom stereocenters. The SMILES string of the molecule is COC(=O)CNC(=O)c1ccc(NS(=O)(=O)c2ccccc2Cl)cc1. The van der Waals surface area contributed by atoms with Crippen LogP contribution in [0.25, 0.3) is 0 Å². The lowest BCUT2D eigenvalue weighted by Gasteiger charge is -2.10. The number of halogens is 1. The number of benzene rings is 2. The molecule has 2 aromatic carbocycles. The van der Waals surface area contributed by atoms with Gasteiger partial charge in [0, 0.05) is 11.3 Å². The number of carbonyl (C=O) groups excluding carboxylic acids is 2. The number of ether oxygens (including phenoxy) is 1. The number of rotatable bonds is 6. The second kappa shape index (κ2) is 8.00. The van der Waals surface area contributed by atoms with E-state index in [1.165, 1.54) is 43.5 Å². The van der Waals surface area contributed by atoms with Gasteiger partial charge in [-0.1, -0.05) is 23.7 Å². The molecule has 0 saturated carbocycles. The quantitative estimate of drug-likeness (QED) is 0.744. The van der Waals surface area contributed by atoms with Crippen molar-refractivity contribution >= 4 is 39.2 Å². The summed E-state index contributed by atoms with van der Waals surface area (Å²) in [6.07, 6.45) is 0. The van der Waals surface area contributed by atoms with Crippen LogP contribution in [-0.4, -0.2) is 33.9 Å². The van der Waals surface area contributed by atoms with E-state index >= 15 is 0 Å². The van der Waals surface area contributed by atoms with Gasteiger partial charge < -0.3 is 10.1 Å². The highest BCUT2D eigenvalue weighted by Crippen LogP contribution is 2.23. The minimum Gasteiger partial charge on any atom is -0.468 e. The van der Waals surface area contributed by atoms with Crippen molar-refractivity contribution in [2.45, 2.75) is 4.90 Å². The largest absolute Gasteiger partial charge is 0.468 e. The molecule has 0 radical (unpaired) electrons. The van der Waals surface area contributed by atoms with Crippen LogP contribution in [-0.2, 0) is 19.6 Å². The number of esters is 1. The maximum atomic E-state index is 12.3. The molecule has 0 bridgehead atoms. The van der Waals surface area contributed by atoms with E-state index in [1.54, 1.807) is 12.1 Å². The van der Waals surface area contributed by atoms with E-state index in [2.05, 4.69) is 14.8 Å². The Hall–Kier alpha value is -2.58. The molecule has 9 heteroatoms. The van der Waals surface area contributed by atoms with Gasteiger partial charge in [-0.2, -0.15) is 0 Å². The number of hydrogen-bond acceptors (Lipinski definition) is 5. The smallest absolute Gasteiger partial charge is 0.325 e. The minimum absolute atomic E-state index is 0.0448. The molecule has 7 nitrogen and oxygen atoms in total. The maximum absolute atomic E-state index is 12.3. The van der Waals surface area contributed by atoms with Crippen LogP contribution in [0, 0.1) is 0 Å². The van der Waals surface area contributed by atoms with Crippen molar-refractivity contribution in [3.05, 3.63) is 59.1 Å². The number of nitrogens with one attached hydrogen (secondary N) is 2. The fourth-order valence-electron chi connectivity index (χ4n) is 1.89. The van der Waals surface area contributed by atoms with E-state index in [4.69, 9.17) is 11.6 Å². The van der Waals surface area contributed by atoms with Crippen molar-refractivity contribution in [1.29, 1.82) is 0 Å². The zero-order valence-corrected chi connectivity index (χ0v) is 14.7. The Morgan fingerprint density at radius 3 is 2.32 bits per heavy atom. The fraction of sp³-hybridized carbons (Fsp3) is 0.125. The van der Waals surface area contributed by atoms with Gasteiger partial charge in [-0.05, 0) is 36.4 Å². The van der Waals surface area contributed by atoms with E-state index < -0.39 is 21.9 Å². The van der Waals surface area contributed by atoms with Crippen LogP contribution >= 0.6 is 11.6 Å². The first-order valence-corrected chi connectivity index (χ1v) is 8.92. The lowest BCUT2D eigenvalue weighted by Crippen LogP contribution is -2.30. The van der Waals surface area contributed by atoms with Gasteiger partial charge in [0.15, 0.2) is 0 Å². The van der Waals surface area contributed by atoms with E-state index in [0.717, 1.165) is 0 Å². The summed E-state index contributed by atoms with van der Waals surface area (Å²) in [6, 6.07) is 11.8. The van der Waals surface area contributed by atoms with Crippen LogP contribution in [0.4, 0.5) is 5.69 Å². The third-order valence-corrected chi connectivity index (χ3v) is 5.03. The average molecular weight is 383 g/mol. The topological polar surface area (TPSA) is 102 Å². The Labute approximate surface area is 150 Å². The van der Waals surface area contributed by atoms with E-state index in [1.807, 2.05) is 0 Å². The van der Waals surface area contributed by atoms with Crippen molar-refractivity contribution in [3.8, 4) is 0 Å². The molecule has 0 aliphatic rings. The Morgan fingerprint density at radius 1 is 1.08 bits per heavy atom. The van der Waals surface area contributed by atoms with Gasteiger partial charge in [0.05, 0.1) is 12.1 Å². The summed E-state index contributed by atoms with van der Waals surface area (Å²) in [5, 5.41) is 2.49. The van der Waals surface area contributed by atoms with Crippen LogP contribution in [0.15, 0.2) is 53.4 Å². The number of hydrogen-bond donors (Lipinski definition) is 2. The van der Waals surface area contributed by atoms with Crippen molar-refractivity contribution in [3.63, 3.8) is 0 Å². The van der Waals surface area contributed by atoms with Crippen molar-refractivity contribution in [2.24, 2.45) is 0 Å². The van der Waals surface area contributed by atoms with Crippen LogP contribution in [0.2, 0.25) is 5.02 Å². The summed E-state index contributed by atoms with van der Waals surface area (Å²) < 4.78 is 31.5. The van der Waals surface area contributed by atoms with Crippen LogP contribution in [0.1, 0.15) is 10.4 Å². The van der Waals surface area contributed by atoms with Crippen LogP contribution < -0.4 is 10.0 Å². The monoisotopic (exact) mass is 382 g/mol. The molecule has 0 saturated heterocycles. The second-order valence-electron chi connectivity index (χ2n) is 4.87. The third kappa shape index (κ3) is 4.94. The molecule has 0 fully saturated rings. The molecule has 25 heavy (non-hydrogen) atoms. The molecule has 2 N–H and O–H groups in total. The Morgan fingerprint density at radius 2 is 1.72 bits per heavy atom. The van der Waals surface area contributed by atoms with Gasteiger partial charge >= 0.3 is 5.97 Å². The number of carbonyl (C=O) groups is 2. The predicted octanol–water partition coefficient (Wildman–Crippen LogP) is 2.04. The molecule has 0 aromatic heterocycles. The molecule has 0 spiro atoms. The highest BCUT2D eigenvalue weighted by atomic mass is 35.5. The molecule has 132 valence electrons. The Bertz CT molecular complexity index is 882. The molecule has 0 aliphatic carbocycles. The van der Waals surface area contributed by atoms with Gasteiger partial charge in [0.25, 0.3) is 15.9 Å². The fourth-order valence-corrected chi connectivity index (χ4v) is 3.47. The summed E-state index contributed by atoms with van der Waals surface area (Å²) in [4.78, 5) is 22.8. The molecule has 0 aliphatic heterocycles. The number of anilines is 1. The minimum atomic E-state index is -3.85. The lowest BCUT2D eigenvalue weighted by atomic mass is 10.2. The van der Waals surface area contributed by atoms with Crippen molar-refractivity contribution in [1.82, 2.24) is 5.32 Å². The number of sulfonamides is 1. The third-order valence-electron chi connectivity index (χ3n) is 3.15. The predicted molar refractivity (Wildman–Crippen MR) is 93.1 cm³/mol. The van der Waals surface area contributed by atoms with Gasteiger partial charge in [-0.3, -0.25) is 14.3 Å². The normalized spacial score (nSPS) is 10.8. The van der Waals surface area contributed by atoms with Gasteiger partial charge in [0.2, 0.25) is 0 Å². The molecule has 0 atom stereocenters. The zero-order valence-electron chi connectivity index (χ0n) is 13.2. The molecule has 0 heterocycles. The summed E-state index contributed by atoms with van der Waals surface area (Å²) in [5.74, 6) is -1.05. The summed E-state index contributed by atoms with van der Waals surface area (Å²) in [5.41, 5.74) is 0.536. The number of methoxy groups -OCH3 is 1. The van der Waals surface area contributed by atoms with E-state index in [9.17, 15) is 18.0 Å². The van der Waals surface area contributed by atoms with Gasteiger partial charge in [-0.25, -0.2) is 8.42 Å². The summed E-state index contributed by atoms with van der Waals surface area (Å²) in [7, 11) is -2.63. The van der Waals surface area contributed by atoms with Crippen LogP contribution in [0.3, 0.4) is 0 Å². The first-order chi connectivity index (χ1) is 11.8. The molecular formula is C16H15ClN2O5S. The first kappa shape index (κ1) is 18.8. The number of amides is 1. The first-order valence-electron chi connectivity index (χ1n) is 7.06. The Kier molecular flexibility index (Phi) is 6.00. The lowest BCUT2D eigenvalue weighted by molar-refractivity contribution is -0.139. The maximum Gasteiger partial charge on any atom is 0.325 e.